The highest BCUT2D eigenvalue weighted by molar-refractivity contribution is 5.92. The number of hydrogen-bond acceptors (Lipinski definition) is 3. The molecule has 0 bridgehead atoms. The van der Waals surface area contributed by atoms with Gasteiger partial charge in [0.25, 0.3) is 0 Å². The van der Waals surface area contributed by atoms with Crippen LogP contribution in [0, 0.1) is 6.92 Å². The molecule has 0 unspecified atom stereocenters. The maximum atomic E-state index is 11.3. The molecule has 0 saturated carbocycles. The molecule has 1 aromatic carbocycles. The SMILES string of the molecule is COc1cc(C)ccc1NC(=O)CCN.Cl. The van der Waals surface area contributed by atoms with Crippen LogP contribution in [0.5, 0.6) is 5.75 Å². The second kappa shape index (κ2) is 7.09. The number of carbonyl (C=O) groups is 1. The monoisotopic (exact) mass is 244 g/mol. The van der Waals surface area contributed by atoms with Gasteiger partial charge in [-0.25, -0.2) is 0 Å². The molecule has 0 fully saturated rings. The Morgan fingerprint density at radius 1 is 1.50 bits per heavy atom. The Kier molecular flexibility index (Phi) is 6.53. The van der Waals surface area contributed by atoms with Gasteiger partial charge in [0.15, 0.2) is 0 Å². The first-order valence-corrected chi connectivity index (χ1v) is 4.82. The highest BCUT2D eigenvalue weighted by Crippen LogP contribution is 2.25. The van der Waals surface area contributed by atoms with Crippen molar-refractivity contribution in [3.63, 3.8) is 0 Å². The summed E-state index contributed by atoms with van der Waals surface area (Å²) in [5, 5.41) is 2.75. The van der Waals surface area contributed by atoms with Crippen LogP contribution in [0.3, 0.4) is 0 Å². The molecule has 0 aliphatic heterocycles. The van der Waals surface area contributed by atoms with Gasteiger partial charge in [0.1, 0.15) is 5.75 Å². The van der Waals surface area contributed by atoms with Gasteiger partial charge in [-0.1, -0.05) is 6.07 Å². The summed E-state index contributed by atoms with van der Waals surface area (Å²) in [5.74, 6) is 0.569. The molecule has 0 heterocycles. The number of ether oxygens (including phenoxy) is 1. The maximum absolute atomic E-state index is 11.3. The lowest BCUT2D eigenvalue weighted by molar-refractivity contribution is -0.116. The summed E-state index contributed by atoms with van der Waals surface area (Å²) in [7, 11) is 1.58. The molecule has 0 aliphatic carbocycles. The van der Waals surface area contributed by atoms with Crippen LogP contribution in [0.25, 0.3) is 0 Å². The predicted octanol–water partition coefficient (Wildman–Crippen LogP) is 1.71. The van der Waals surface area contributed by atoms with Crippen molar-refractivity contribution in [1.29, 1.82) is 0 Å². The van der Waals surface area contributed by atoms with Gasteiger partial charge < -0.3 is 15.8 Å². The number of nitrogens with two attached hydrogens (primary N) is 1. The Hall–Kier alpha value is -1.26. The Morgan fingerprint density at radius 3 is 2.75 bits per heavy atom. The minimum atomic E-state index is -0.0975. The molecule has 1 rings (SSSR count). The van der Waals surface area contributed by atoms with E-state index in [0.29, 0.717) is 24.4 Å². The van der Waals surface area contributed by atoms with Crippen LogP contribution in [0.2, 0.25) is 0 Å². The van der Waals surface area contributed by atoms with Gasteiger partial charge in [0, 0.05) is 13.0 Å². The number of carbonyl (C=O) groups excluding carboxylic acids is 1. The van der Waals surface area contributed by atoms with E-state index in [1.54, 1.807) is 7.11 Å². The molecule has 0 aromatic heterocycles. The normalized spacial score (nSPS) is 9.19. The third-order valence-electron chi connectivity index (χ3n) is 2.00. The van der Waals surface area contributed by atoms with Gasteiger partial charge in [0.2, 0.25) is 5.91 Å². The number of nitrogens with one attached hydrogen (secondary N) is 1. The Balaban J connectivity index is 0.00000225. The third-order valence-corrected chi connectivity index (χ3v) is 2.00. The smallest absolute Gasteiger partial charge is 0.225 e. The van der Waals surface area contributed by atoms with E-state index in [1.807, 2.05) is 25.1 Å². The zero-order valence-electron chi connectivity index (χ0n) is 9.45. The summed E-state index contributed by atoms with van der Waals surface area (Å²) in [5.41, 5.74) is 7.05. The van der Waals surface area contributed by atoms with Crippen LogP contribution >= 0.6 is 12.4 Å². The molecule has 90 valence electrons. The minimum absolute atomic E-state index is 0. The maximum Gasteiger partial charge on any atom is 0.225 e. The number of halogens is 1. The fraction of sp³-hybridized carbons (Fsp3) is 0.364. The van der Waals surface area contributed by atoms with Crippen molar-refractivity contribution in [1.82, 2.24) is 0 Å². The van der Waals surface area contributed by atoms with Gasteiger partial charge in [-0.2, -0.15) is 0 Å². The van der Waals surface area contributed by atoms with Gasteiger partial charge >= 0.3 is 0 Å². The lowest BCUT2D eigenvalue weighted by Crippen LogP contribution is -2.16. The number of amides is 1. The molecule has 1 aromatic rings. The number of benzene rings is 1. The first kappa shape index (κ1) is 14.7. The van der Waals surface area contributed by atoms with Crippen LogP contribution < -0.4 is 15.8 Å². The van der Waals surface area contributed by atoms with Crippen molar-refractivity contribution in [3.05, 3.63) is 23.8 Å². The molecule has 1 amide bonds. The largest absolute Gasteiger partial charge is 0.495 e. The summed E-state index contributed by atoms with van der Waals surface area (Å²) in [6, 6.07) is 5.61. The average Bonchev–Trinajstić information content (AvgIpc) is 2.21. The van der Waals surface area contributed by atoms with E-state index in [4.69, 9.17) is 10.5 Å². The molecule has 5 heteroatoms. The van der Waals surface area contributed by atoms with Crippen molar-refractivity contribution in [2.24, 2.45) is 5.73 Å². The standard InChI is InChI=1S/C11H16N2O2.ClH/c1-8-3-4-9(10(7-8)15-2)13-11(14)5-6-12;/h3-4,7H,5-6,12H2,1-2H3,(H,13,14);1H. The van der Waals surface area contributed by atoms with E-state index < -0.39 is 0 Å². The second-order valence-corrected chi connectivity index (χ2v) is 3.29. The van der Waals surface area contributed by atoms with Gasteiger partial charge in [-0.15, -0.1) is 12.4 Å². The number of hydrogen-bond donors (Lipinski definition) is 2. The van der Waals surface area contributed by atoms with Crippen molar-refractivity contribution in [2.45, 2.75) is 13.3 Å². The highest BCUT2D eigenvalue weighted by atomic mass is 35.5. The lowest BCUT2D eigenvalue weighted by Gasteiger charge is -2.10. The molecule has 16 heavy (non-hydrogen) atoms. The van der Waals surface area contributed by atoms with Gasteiger partial charge in [0.05, 0.1) is 12.8 Å². The van der Waals surface area contributed by atoms with Gasteiger partial charge in [-0.3, -0.25) is 4.79 Å². The molecular formula is C11H17ClN2O2. The van der Waals surface area contributed by atoms with E-state index in [9.17, 15) is 4.79 Å². The second-order valence-electron chi connectivity index (χ2n) is 3.29. The van der Waals surface area contributed by atoms with Crippen molar-refractivity contribution in [2.75, 3.05) is 19.0 Å². The predicted molar refractivity (Wildman–Crippen MR) is 67.3 cm³/mol. The summed E-state index contributed by atoms with van der Waals surface area (Å²) in [6.07, 6.45) is 0.316. The molecule has 4 nitrogen and oxygen atoms in total. The quantitative estimate of drug-likeness (QED) is 0.848. The molecule has 3 N–H and O–H groups in total. The van der Waals surface area contributed by atoms with Crippen molar-refractivity contribution >= 4 is 24.0 Å². The van der Waals surface area contributed by atoms with Crippen molar-refractivity contribution < 1.29 is 9.53 Å². The van der Waals surface area contributed by atoms with Crippen LogP contribution in [0.4, 0.5) is 5.69 Å². The Labute approximate surface area is 102 Å². The van der Waals surface area contributed by atoms with Crippen molar-refractivity contribution in [3.8, 4) is 5.75 Å². The molecule has 0 spiro atoms. The summed E-state index contributed by atoms with van der Waals surface area (Å²) < 4.78 is 5.16. The number of aryl methyl sites for hydroxylation is 1. The molecule has 0 saturated heterocycles. The van der Waals surface area contributed by atoms with Crippen LogP contribution in [-0.4, -0.2) is 19.6 Å². The number of methoxy groups -OCH3 is 1. The summed E-state index contributed by atoms with van der Waals surface area (Å²) >= 11 is 0. The van der Waals surface area contributed by atoms with Crippen LogP contribution in [-0.2, 0) is 4.79 Å². The zero-order valence-corrected chi connectivity index (χ0v) is 10.3. The first-order chi connectivity index (χ1) is 7.17. The fourth-order valence-electron chi connectivity index (χ4n) is 1.25. The molecule has 0 aliphatic rings. The first-order valence-electron chi connectivity index (χ1n) is 4.82. The third kappa shape index (κ3) is 4.08. The number of rotatable bonds is 4. The van der Waals surface area contributed by atoms with E-state index in [2.05, 4.69) is 5.32 Å². The Morgan fingerprint density at radius 2 is 2.19 bits per heavy atom. The van der Waals surface area contributed by atoms with E-state index in [0.717, 1.165) is 5.56 Å². The van der Waals surface area contributed by atoms with E-state index >= 15 is 0 Å². The van der Waals surface area contributed by atoms with E-state index in [1.165, 1.54) is 0 Å². The fourth-order valence-corrected chi connectivity index (χ4v) is 1.25. The molecule has 0 atom stereocenters. The lowest BCUT2D eigenvalue weighted by atomic mass is 10.2. The minimum Gasteiger partial charge on any atom is -0.495 e. The van der Waals surface area contributed by atoms with Crippen LogP contribution in [0.1, 0.15) is 12.0 Å². The zero-order chi connectivity index (χ0) is 11.3. The topological polar surface area (TPSA) is 64.3 Å². The Bertz CT molecular complexity index is 356. The van der Waals surface area contributed by atoms with Crippen LogP contribution in [0.15, 0.2) is 18.2 Å². The van der Waals surface area contributed by atoms with Gasteiger partial charge in [-0.05, 0) is 24.6 Å². The number of anilines is 1. The highest BCUT2D eigenvalue weighted by Gasteiger charge is 2.06. The summed E-state index contributed by atoms with van der Waals surface area (Å²) in [6.45, 7) is 2.31. The summed E-state index contributed by atoms with van der Waals surface area (Å²) in [4.78, 5) is 11.3. The molecular weight excluding hydrogens is 228 g/mol. The molecule has 0 radical (unpaired) electrons. The van der Waals surface area contributed by atoms with E-state index in [-0.39, 0.29) is 18.3 Å². The average molecular weight is 245 g/mol.